The first kappa shape index (κ1) is 28.0. The molecular weight excluding hydrogens is 547 g/mol. The number of nitrogens with one attached hydrogen (secondary N) is 1. The number of thiophene rings is 1. The molecule has 4 aromatic rings. The second-order valence-electron chi connectivity index (χ2n) is 12.5. The molecule has 0 saturated heterocycles. The molecule has 0 saturated carbocycles. The minimum atomic E-state index is 0.513. The van der Waals surface area contributed by atoms with E-state index in [2.05, 4.69) is 110 Å². The summed E-state index contributed by atoms with van der Waals surface area (Å²) in [6, 6.07) is 27.3. The van der Waals surface area contributed by atoms with Crippen LogP contribution in [-0.2, 0) is 25.7 Å². The van der Waals surface area contributed by atoms with Gasteiger partial charge in [-0.2, -0.15) is 0 Å². The molecule has 0 fully saturated rings. The quantitative estimate of drug-likeness (QED) is 0.165. The summed E-state index contributed by atoms with van der Waals surface area (Å²) < 4.78 is 0. The van der Waals surface area contributed by atoms with E-state index in [-0.39, 0.29) is 0 Å². The summed E-state index contributed by atoms with van der Waals surface area (Å²) in [5.74, 6) is 1.05. The minimum absolute atomic E-state index is 0.513. The summed E-state index contributed by atoms with van der Waals surface area (Å²) in [7, 11) is 0. The monoisotopic (exact) mass is 589 g/mol. The first-order valence-corrected chi connectivity index (χ1v) is 17.9. The molecule has 1 aromatic heterocycles. The molecule has 0 amide bonds. The first-order valence-electron chi connectivity index (χ1n) is 16.2. The third-order valence-corrected chi connectivity index (χ3v) is 12.0. The predicted molar refractivity (Wildman–Crippen MR) is 184 cm³/mol. The van der Waals surface area contributed by atoms with Gasteiger partial charge in [-0.25, -0.2) is 0 Å². The number of hydrogen-bond donors (Lipinski definition) is 1. The number of thioether (sulfide) groups is 1. The molecule has 1 N–H and O–H groups in total. The first-order chi connectivity index (χ1) is 20.7. The molecule has 0 bridgehead atoms. The van der Waals surface area contributed by atoms with Crippen molar-refractivity contribution in [1.82, 2.24) is 0 Å². The van der Waals surface area contributed by atoms with Crippen LogP contribution in [0.2, 0.25) is 0 Å². The molecule has 0 spiro atoms. The van der Waals surface area contributed by atoms with Crippen molar-refractivity contribution in [2.24, 2.45) is 0 Å². The standard InChI is InChI=1S/C39H43NS2/c1-3-4-5-12-21-40-33-25-32-24-30(20-18-28-15-10-7-11-16-28)35-36-34(37(35)39(32)42-33)29(19-17-27-13-8-6-9-14-27)23-31-22-26(2)41-38(31)36/h6-11,13-16,23-26,35,37,40H,3-5,12,17-22H2,1-2H3. The van der Waals surface area contributed by atoms with Gasteiger partial charge in [-0.05, 0) is 83.5 Å². The molecule has 2 heterocycles. The summed E-state index contributed by atoms with van der Waals surface area (Å²) >= 11 is 4.18. The topological polar surface area (TPSA) is 12.0 Å². The van der Waals surface area contributed by atoms with Crippen LogP contribution >= 0.6 is 23.1 Å². The van der Waals surface area contributed by atoms with Crippen LogP contribution in [0.4, 0.5) is 5.00 Å². The van der Waals surface area contributed by atoms with Gasteiger partial charge in [0.1, 0.15) is 0 Å². The number of unbranched alkanes of at least 4 members (excludes halogenated alkanes) is 3. The normalized spacial score (nSPS) is 19.8. The summed E-state index contributed by atoms with van der Waals surface area (Å²) in [5.41, 5.74) is 12.6. The van der Waals surface area contributed by atoms with Crippen molar-refractivity contribution in [3.63, 3.8) is 0 Å². The van der Waals surface area contributed by atoms with Gasteiger partial charge < -0.3 is 5.32 Å². The number of anilines is 1. The van der Waals surface area contributed by atoms with Crippen LogP contribution < -0.4 is 5.32 Å². The molecule has 7 rings (SSSR count). The fourth-order valence-corrected chi connectivity index (χ4v) is 10.0. The Bertz CT molecular complexity index is 1570. The molecule has 42 heavy (non-hydrogen) atoms. The lowest BCUT2D eigenvalue weighted by molar-refractivity contribution is 0.556. The van der Waals surface area contributed by atoms with Gasteiger partial charge >= 0.3 is 0 Å². The smallest absolute Gasteiger partial charge is 0.0891 e. The lowest BCUT2D eigenvalue weighted by atomic mass is 9.58. The lowest BCUT2D eigenvalue weighted by Crippen LogP contribution is -2.32. The maximum Gasteiger partial charge on any atom is 0.0891 e. The molecular formula is C39H43NS2. The summed E-state index contributed by atoms with van der Waals surface area (Å²) in [6.45, 7) is 5.79. The van der Waals surface area contributed by atoms with Crippen LogP contribution in [0.3, 0.4) is 0 Å². The van der Waals surface area contributed by atoms with Gasteiger partial charge in [-0.15, -0.1) is 23.1 Å². The SMILES string of the molecule is CCCCCCNc1cc2c(s1)C1c3c(CCc4ccccc4)cc4c(c3C1C(CCc1ccccc1)=C2)SC(C)C4. The van der Waals surface area contributed by atoms with Crippen molar-refractivity contribution in [2.45, 2.75) is 93.6 Å². The Kier molecular flexibility index (Phi) is 8.32. The van der Waals surface area contributed by atoms with E-state index in [1.54, 1.807) is 37.6 Å². The number of benzene rings is 3. The second-order valence-corrected chi connectivity index (χ2v) is 15.1. The summed E-state index contributed by atoms with van der Waals surface area (Å²) in [5, 5.41) is 5.85. The number of hydrogen-bond acceptors (Lipinski definition) is 3. The molecule has 0 radical (unpaired) electrons. The Balaban J connectivity index is 1.25. The van der Waals surface area contributed by atoms with Crippen LogP contribution in [0.5, 0.6) is 0 Å². The highest BCUT2D eigenvalue weighted by Gasteiger charge is 2.49. The Hall–Kier alpha value is -2.75. The Morgan fingerprint density at radius 2 is 1.52 bits per heavy atom. The second kappa shape index (κ2) is 12.5. The summed E-state index contributed by atoms with van der Waals surface area (Å²) in [6.07, 6.45) is 13.5. The molecule has 1 aliphatic heterocycles. The molecule has 3 aromatic carbocycles. The van der Waals surface area contributed by atoms with E-state index in [9.17, 15) is 0 Å². The van der Waals surface area contributed by atoms with Crippen LogP contribution in [-0.4, -0.2) is 11.8 Å². The van der Waals surface area contributed by atoms with Crippen molar-refractivity contribution in [1.29, 1.82) is 0 Å². The molecule has 216 valence electrons. The highest BCUT2D eigenvalue weighted by atomic mass is 32.2. The van der Waals surface area contributed by atoms with Gasteiger partial charge in [0.25, 0.3) is 0 Å². The van der Waals surface area contributed by atoms with Crippen molar-refractivity contribution < 1.29 is 0 Å². The van der Waals surface area contributed by atoms with Crippen molar-refractivity contribution in [3.05, 3.63) is 122 Å². The molecule has 3 atom stereocenters. The fourth-order valence-electron chi connectivity index (χ4n) is 7.47. The number of fused-ring (bicyclic) bond motifs is 8. The van der Waals surface area contributed by atoms with E-state index in [1.165, 1.54) is 53.8 Å². The number of aryl methyl sites for hydroxylation is 3. The molecule has 1 nitrogen and oxygen atoms in total. The molecule has 3 heteroatoms. The highest BCUT2D eigenvalue weighted by molar-refractivity contribution is 8.00. The largest absolute Gasteiger partial charge is 0.377 e. The van der Waals surface area contributed by atoms with Gasteiger partial charge in [0, 0.05) is 33.4 Å². The zero-order chi connectivity index (χ0) is 28.5. The van der Waals surface area contributed by atoms with Crippen molar-refractivity contribution in [2.75, 3.05) is 11.9 Å². The summed E-state index contributed by atoms with van der Waals surface area (Å²) in [4.78, 5) is 3.23. The van der Waals surface area contributed by atoms with Gasteiger partial charge in [0.15, 0.2) is 0 Å². The number of rotatable bonds is 12. The zero-order valence-corrected chi connectivity index (χ0v) is 26.8. The van der Waals surface area contributed by atoms with E-state index in [0.717, 1.165) is 32.2 Å². The van der Waals surface area contributed by atoms with Gasteiger partial charge in [-0.3, -0.25) is 0 Å². The Morgan fingerprint density at radius 3 is 2.26 bits per heavy atom. The van der Waals surface area contributed by atoms with Crippen molar-refractivity contribution in [3.8, 4) is 0 Å². The van der Waals surface area contributed by atoms with E-state index < -0.39 is 0 Å². The Labute approximate surface area is 260 Å². The third-order valence-electron chi connectivity index (χ3n) is 9.52. The predicted octanol–water partition coefficient (Wildman–Crippen LogP) is 10.8. The van der Waals surface area contributed by atoms with Crippen LogP contribution in [0, 0.1) is 0 Å². The van der Waals surface area contributed by atoms with Crippen LogP contribution in [0.1, 0.15) is 102 Å². The van der Waals surface area contributed by atoms with E-state index >= 15 is 0 Å². The van der Waals surface area contributed by atoms with E-state index in [1.807, 2.05) is 11.3 Å². The molecule has 2 aliphatic carbocycles. The van der Waals surface area contributed by atoms with Gasteiger partial charge in [0.2, 0.25) is 0 Å². The highest BCUT2D eigenvalue weighted by Crippen LogP contribution is 2.65. The van der Waals surface area contributed by atoms with Gasteiger partial charge in [0.05, 0.1) is 5.00 Å². The Morgan fingerprint density at radius 1 is 0.786 bits per heavy atom. The average molecular weight is 590 g/mol. The maximum atomic E-state index is 3.81. The van der Waals surface area contributed by atoms with E-state index in [4.69, 9.17) is 0 Å². The molecule has 3 aliphatic rings. The zero-order valence-electron chi connectivity index (χ0n) is 25.1. The van der Waals surface area contributed by atoms with Crippen molar-refractivity contribution >= 4 is 34.2 Å². The van der Waals surface area contributed by atoms with Crippen LogP contribution in [0.25, 0.3) is 6.08 Å². The average Bonchev–Trinajstić information content (AvgIpc) is 3.57. The fraction of sp³-hybridized carbons (Fsp3) is 0.385. The van der Waals surface area contributed by atoms with E-state index in [0.29, 0.717) is 17.1 Å². The molecule has 3 unspecified atom stereocenters. The number of allylic oxidation sites excluding steroid dienone is 1. The minimum Gasteiger partial charge on any atom is -0.377 e. The van der Waals surface area contributed by atoms with Gasteiger partial charge in [-0.1, -0.05) is 111 Å². The maximum absolute atomic E-state index is 3.81. The lowest BCUT2D eigenvalue weighted by Gasteiger charge is -2.46. The third kappa shape index (κ3) is 5.51. The van der Waals surface area contributed by atoms with Crippen LogP contribution in [0.15, 0.2) is 83.3 Å².